The topological polar surface area (TPSA) is 64.0 Å². The molecular formula is C16H15F2N3O2S2. The molecule has 0 spiro atoms. The predicted molar refractivity (Wildman–Crippen MR) is 91.7 cm³/mol. The average molecular weight is 383 g/mol. The lowest BCUT2D eigenvalue weighted by atomic mass is 10.2. The molecule has 0 bridgehead atoms. The summed E-state index contributed by atoms with van der Waals surface area (Å²) in [6, 6.07) is 7.94. The molecule has 0 saturated heterocycles. The fourth-order valence-corrected chi connectivity index (χ4v) is 4.38. The third-order valence-electron chi connectivity index (χ3n) is 3.49. The van der Waals surface area contributed by atoms with E-state index in [4.69, 9.17) is 0 Å². The van der Waals surface area contributed by atoms with Gasteiger partial charge in [-0.3, -0.25) is 4.68 Å². The number of aromatic nitrogens is 2. The van der Waals surface area contributed by atoms with Crippen LogP contribution in [0.5, 0.6) is 0 Å². The monoisotopic (exact) mass is 383 g/mol. The zero-order valence-electron chi connectivity index (χ0n) is 13.0. The van der Waals surface area contributed by atoms with Gasteiger partial charge in [0.25, 0.3) is 0 Å². The van der Waals surface area contributed by atoms with E-state index in [1.165, 1.54) is 11.3 Å². The fourth-order valence-electron chi connectivity index (χ4n) is 2.44. The van der Waals surface area contributed by atoms with Gasteiger partial charge in [-0.15, -0.1) is 11.3 Å². The van der Waals surface area contributed by atoms with Crippen molar-refractivity contribution in [2.45, 2.75) is 11.8 Å². The molecule has 9 heteroatoms. The molecule has 1 unspecified atom stereocenters. The van der Waals surface area contributed by atoms with Gasteiger partial charge in [-0.25, -0.2) is 21.9 Å². The maximum Gasteiger partial charge on any atom is 0.215 e. The lowest BCUT2D eigenvalue weighted by Crippen LogP contribution is -2.32. The first-order valence-corrected chi connectivity index (χ1v) is 9.91. The van der Waals surface area contributed by atoms with Crippen LogP contribution in [0.4, 0.5) is 8.78 Å². The standard InChI is InChI=1S/C16H15F2N3O2S2/c17-13-7-12(8-14(18)9-13)11-25(22,23)20-10-15(16-3-1-6-24-16)21-5-2-4-19-21/h1-9,15,20H,10-11H2. The number of halogens is 2. The Morgan fingerprint density at radius 3 is 2.56 bits per heavy atom. The van der Waals surface area contributed by atoms with Crippen LogP contribution in [-0.2, 0) is 15.8 Å². The maximum absolute atomic E-state index is 13.2. The molecule has 0 aliphatic carbocycles. The molecule has 1 N–H and O–H groups in total. The fraction of sp³-hybridized carbons (Fsp3) is 0.188. The van der Waals surface area contributed by atoms with E-state index >= 15 is 0 Å². The first kappa shape index (κ1) is 17.7. The molecule has 5 nitrogen and oxygen atoms in total. The Kier molecular flexibility index (Phi) is 5.26. The molecule has 25 heavy (non-hydrogen) atoms. The van der Waals surface area contributed by atoms with Crippen molar-refractivity contribution in [2.24, 2.45) is 0 Å². The minimum atomic E-state index is -3.77. The second-order valence-electron chi connectivity index (χ2n) is 5.40. The van der Waals surface area contributed by atoms with Gasteiger partial charge in [0, 0.05) is 29.9 Å². The van der Waals surface area contributed by atoms with Crippen LogP contribution in [0.25, 0.3) is 0 Å². The van der Waals surface area contributed by atoms with Gasteiger partial charge in [0.05, 0.1) is 11.8 Å². The molecule has 0 aliphatic rings. The summed E-state index contributed by atoms with van der Waals surface area (Å²) in [6.07, 6.45) is 3.37. The summed E-state index contributed by atoms with van der Waals surface area (Å²) in [4.78, 5) is 0.947. The number of thiophene rings is 1. The highest BCUT2D eigenvalue weighted by atomic mass is 32.2. The van der Waals surface area contributed by atoms with Gasteiger partial charge in [-0.05, 0) is 35.2 Å². The van der Waals surface area contributed by atoms with Gasteiger partial charge >= 0.3 is 0 Å². The zero-order valence-corrected chi connectivity index (χ0v) is 14.6. The van der Waals surface area contributed by atoms with Crippen molar-refractivity contribution < 1.29 is 17.2 Å². The first-order valence-electron chi connectivity index (χ1n) is 7.38. The first-order chi connectivity index (χ1) is 11.9. The van der Waals surface area contributed by atoms with Gasteiger partial charge in [0.2, 0.25) is 10.0 Å². The van der Waals surface area contributed by atoms with Crippen molar-refractivity contribution in [1.29, 1.82) is 0 Å². The maximum atomic E-state index is 13.2. The van der Waals surface area contributed by atoms with Crippen LogP contribution in [0, 0.1) is 11.6 Å². The van der Waals surface area contributed by atoms with E-state index in [0.717, 1.165) is 17.0 Å². The Morgan fingerprint density at radius 2 is 1.96 bits per heavy atom. The van der Waals surface area contributed by atoms with Gasteiger partial charge in [-0.2, -0.15) is 5.10 Å². The molecule has 2 aromatic heterocycles. The number of benzene rings is 1. The second kappa shape index (κ2) is 7.42. The van der Waals surface area contributed by atoms with Crippen molar-refractivity contribution in [2.75, 3.05) is 6.54 Å². The molecule has 0 radical (unpaired) electrons. The van der Waals surface area contributed by atoms with E-state index in [9.17, 15) is 17.2 Å². The molecule has 1 aromatic carbocycles. The highest BCUT2D eigenvalue weighted by Gasteiger charge is 2.20. The van der Waals surface area contributed by atoms with Gasteiger partial charge in [-0.1, -0.05) is 6.07 Å². The van der Waals surface area contributed by atoms with E-state index in [1.54, 1.807) is 23.1 Å². The van der Waals surface area contributed by atoms with Crippen LogP contribution >= 0.6 is 11.3 Å². The summed E-state index contributed by atoms with van der Waals surface area (Å²) in [5, 5.41) is 6.07. The number of nitrogens with zero attached hydrogens (tertiary/aromatic N) is 2. The predicted octanol–water partition coefficient (Wildman–Crippen LogP) is 2.93. The number of nitrogens with one attached hydrogen (secondary N) is 1. The van der Waals surface area contributed by atoms with Crippen molar-refractivity contribution in [3.8, 4) is 0 Å². The molecule has 0 saturated carbocycles. The van der Waals surface area contributed by atoms with E-state index in [1.807, 2.05) is 17.5 Å². The highest BCUT2D eigenvalue weighted by Crippen LogP contribution is 2.22. The smallest absolute Gasteiger partial charge is 0.215 e. The Labute approximate surface area is 148 Å². The summed E-state index contributed by atoms with van der Waals surface area (Å²) in [7, 11) is -3.77. The van der Waals surface area contributed by atoms with E-state index in [2.05, 4.69) is 9.82 Å². The third kappa shape index (κ3) is 4.71. The summed E-state index contributed by atoms with van der Waals surface area (Å²) < 4.78 is 55.2. The van der Waals surface area contributed by atoms with Crippen LogP contribution in [-0.4, -0.2) is 24.7 Å². The third-order valence-corrected chi connectivity index (χ3v) is 5.78. The van der Waals surface area contributed by atoms with Crippen LogP contribution in [0.15, 0.2) is 54.2 Å². The van der Waals surface area contributed by atoms with E-state index < -0.39 is 27.4 Å². The molecule has 132 valence electrons. The molecule has 0 amide bonds. The lowest BCUT2D eigenvalue weighted by Gasteiger charge is -2.17. The quantitative estimate of drug-likeness (QED) is 0.682. The molecule has 3 rings (SSSR count). The minimum absolute atomic E-state index is 0.0526. The van der Waals surface area contributed by atoms with Gasteiger partial charge < -0.3 is 0 Å². The summed E-state index contributed by atoms with van der Waals surface area (Å²) in [5.74, 6) is -2.12. The summed E-state index contributed by atoms with van der Waals surface area (Å²) >= 11 is 1.49. The normalized spacial score (nSPS) is 13.0. The molecule has 0 fully saturated rings. The SMILES string of the molecule is O=S(=O)(Cc1cc(F)cc(F)c1)NCC(c1cccs1)n1cccn1. The Balaban J connectivity index is 1.73. The molecule has 2 heterocycles. The number of hydrogen-bond donors (Lipinski definition) is 1. The van der Waals surface area contributed by atoms with E-state index in [0.29, 0.717) is 6.07 Å². The molecule has 0 aliphatic heterocycles. The van der Waals surface area contributed by atoms with Crippen molar-refractivity contribution in [3.63, 3.8) is 0 Å². The summed E-state index contributed by atoms with van der Waals surface area (Å²) in [6.45, 7) is 0.0856. The van der Waals surface area contributed by atoms with Gasteiger partial charge in [0.1, 0.15) is 11.6 Å². The molecule has 3 aromatic rings. The van der Waals surface area contributed by atoms with Crippen LogP contribution < -0.4 is 4.72 Å². The highest BCUT2D eigenvalue weighted by molar-refractivity contribution is 7.88. The Morgan fingerprint density at radius 1 is 1.20 bits per heavy atom. The largest absolute Gasteiger partial charge is 0.263 e. The molecule has 1 atom stereocenters. The minimum Gasteiger partial charge on any atom is -0.263 e. The van der Waals surface area contributed by atoms with Crippen LogP contribution in [0.3, 0.4) is 0 Å². The number of hydrogen-bond acceptors (Lipinski definition) is 4. The lowest BCUT2D eigenvalue weighted by molar-refractivity contribution is 0.511. The Hall–Kier alpha value is -2.10. The van der Waals surface area contributed by atoms with Crippen molar-refractivity contribution >= 4 is 21.4 Å². The Bertz CT molecular complexity index is 872. The van der Waals surface area contributed by atoms with Gasteiger partial charge in [0.15, 0.2) is 0 Å². The van der Waals surface area contributed by atoms with Crippen LogP contribution in [0.1, 0.15) is 16.5 Å². The zero-order chi connectivity index (χ0) is 17.9. The van der Waals surface area contributed by atoms with Crippen molar-refractivity contribution in [3.05, 3.63) is 76.2 Å². The summed E-state index contributed by atoms with van der Waals surface area (Å²) in [5.41, 5.74) is 0.0526. The van der Waals surface area contributed by atoms with E-state index in [-0.39, 0.29) is 18.2 Å². The average Bonchev–Trinajstić information content (AvgIpc) is 3.19. The van der Waals surface area contributed by atoms with Crippen LogP contribution in [0.2, 0.25) is 0 Å². The van der Waals surface area contributed by atoms with Crippen molar-refractivity contribution in [1.82, 2.24) is 14.5 Å². The number of rotatable bonds is 7. The molecular weight excluding hydrogens is 368 g/mol. The number of sulfonamides is 1. The second-order valence-corrected chi connectivity index (χ2v) is 8.19.